The minimum atomic E-state index is -0.409. The normalized spacial score (nSPS) is 14.5. The van der Waals surface area contributed by atoms with Gasteiger partial charge in [-0.1, -0.05) is 25.1 Å². The van der Waals surface area contributed by atoms with E-state index in [0.717, 1.165) is 54.9 Å². The van der Waals surface area contributed by atoms with Crippen LogP contribution >= 0.6 is 0 Å². The average molecular weight is 448 g/mol. The van der Waals surface area contributed by atoms with Gasteiger partial charge in [-0.2, -0.15) is 4.98 Å². The van der Waals surface area contributed by atoms with Gasteiger partial charge in [-0.05, 0) is 38.7 Å². The Hall–Kier alpha value is -3.49. The molecule has 0 radical (unpaired) electrons. The monoisotopic (exact) mass is 447 g/mol. The SMILES string of the molecule is CCCn1c(N2CCCCC2)nc2c1c(=O)n(Cc1nc(C)c3ccccc3n1)c(=O)n2C. The molecule has 172 valence electrons. The first-order chi connectivity index (χ1) is 16.0. The van der Waals surface area contributed by atoms with E-state index in [2.05, 4.69) is 21.8 Å². The minimum absolute atomic E-state index is 0.0173. The second kappa shape index (κ2) is 8.46. The molecule has 1 fully saturated rings. The number of nitrogens with zero attached hydrogens (tertiary/aromatic N) is 7. The van der Waals surface area contributed by atoms with Crippen molar-refractivity contribution in [3.63, 3.8) is 0 Å². The van der Waals surface area contributed by atoms with E-state index in [9.17, 15) is 9.59 Å². The summed E-state index contributed by atoms with van der Waals surface area (Å²) in [6.07, 6.45) is 4.29. The van der Waals surface area contributed by atoms with Crippen LogP contribution in [0.5, 0.6) is 0 Å². The number of fused-ring (bicyclic) bond motifs is 2. The summed E-state index contributed by atoms with van der Waals surface area (Å²) in [6.45, 7) is 6.51. The first-order valence-corrected chi connectivity index (χ1v) is 11.7. The van der Waals surface area contributed by atoms with E-state index < -0.39 is 5.69 Å². The molecule has 0 atom stereocenters. The van der Waals surface area contributed by atoms with E-state index in [0.29, 0.717) is 23.5 Å². The lowest BCUT2D eigenvalue weighted by Gasteiger charge is -2.28. The van der Waals surface area contributed by atoms with Crippen LogP contribution < -0.4 is 16.1 Å². The Balaban J connectivity index is 1.68. The predicted octanol–water partition coefficient (Wildman–Crippen LogP) is 2.60. The summed E-state index contributed by atoms with van der Waals surface area (Å²) >= 11 is 0. The lowest BCUT2D eigenvalue weighted by molar-refractivity contribution is 0.553. The van der Waals surface area contributed by atoms with Crippen molar-refractivity contribution < 1.29 is 0 Å². The highest BCUT2D eigenvalue weighted by molar-refractivity contribution is 5.80. The van der Waals surface area contributed by atoms with Crippen molar-refractivity contribution in [3.8, 4) is 0 Å². The van der Waals surface area contributed by atoms with E-state index in [4.69, 9.17) is 4.98 Å². The van der Waals surface area contributed by atoms with Crippen LogP contribution in [0.4, 0.5) is 5.95 Å². The van der Waals surface area contributed by atoms with E-state index in [-0.39, 0.29) is 12.1 Å². The Bertz CT molecular complexity index is 1460. The number of hydrogen-bond donors (Lipinski definition) is 0. The molecule has 1 aromatic carbocycles. The maximum Gasteiger partial charge on any atom is 0.332 e. The van der Waals surface area contributed by atoms with Crippen molar-refractivity contribution in [1.82, 2.24) is 28.7 Å². The summed E-state index contributed by atoms with van der Waals surface area (Å²) in [5.74, 6) is 1.23. The average Bonchev–Trinajstić information content (AvgIpc) is 3.21. The topological polar surface area (TPSA) is 90.8 Å². The van der Waals surface area contributed by atoms with Crippen molar-refractivity contribution in [3.05, 3.63) is 56.6 Å². The van der Waals surface area contributed by atoms with Crippen LogP contribution in [0.1, 0.15) is 44.1 Å². The first-order valence-electron chi connectivity index (χ1n) is 11.7. The number of benzene rings is 1. The predicted molar refractivity (Wildman–Crippen MR) is 129 cm³/mol. The van der Waals surface area contributed by atoms with Crippen LogP contribution in [0.3, 0.4) is 0 Å². The molecule has 0 spiro atoms. The van der Waals surface area contributed by atoms with Crippen molar-refractivity contribution in [2.24, 2.45) is 7.05 Å². The number of aromatic nitrogens is 6. The largest absolute Gasteiger partial charge is 0.342 e. The number of piperidine rings is 1. The molecule has 1 aliphatic heterocycles. The van der Waals surface area contributed by atoms with Crippen molar-refractivity contribution >= 4 is 28.0 Å². The summed E-state index contributed by atoms with van der Waals surface area (Å²) in [5, 5.41) is 0.962. The van der Waals surface area contributed by atoms with Gasteiger partial charge in [-0.25, -0.2) is 14.8 Å². The van der Waals surface area contributed by atoms with Crippen molar-refractivity contribution in [1.29, 1.82) is 0 Å². The van der Waals surface area contributed by atoms with Crippen LogP contribution in [0.2, 0.25) is 0 Å². The van der Waals surface area contributed by atoms with Crippen LogP contribution in [-0.2, 0) is 20.1 Å². The van der Waals surface area contributed by atoms with Crippen LogP contribution in [-0.4, -0.2) is 41.7 Å². The Kier molecular flexibility index (Phi) is 5.47. The van der Waals surface area contributed by atoms with Crippen LogP contribution in [0.15, 0.2) is 33.9 Å². The Morgan fingerprint density at radius 1 is 0.970 bits per heavy atom. The van der Waals surface area contributed by atoms with Gasteiger partial charge in [0.1, 0.15) is 5.82 Å². The molecule has 0 amide bonds. The summed E-state index contributed by atoms with van der Waals surface area (Å²) in [5.41, 5.74) is 1.78. The number of hydrogen-bond acceptors (Lipinski definition) is 6. The third-order valence-electron chi connectivity index (χ3n) is 6.44. The fraction of sp³-hybridized carbons (Fsp3) is 0.458. The standard InChI is InChI=1S/C24H29N7O2/c1-4-12-30-20-21(27-23(30)29-13-8-5-9-14-29)28(3)24(33)31(22(20)32)15-19-25-16(2)17-10-6-7-11-18(17)26-19/h6-7,10-11H,4-5,8-9,12-15H2,1-3H3. The zero-order chi connectivity index (χ0) is 23.1. The summed E-state index contributed by atoms with van der Waals surface area (Å²) < 4.78 is 4.70. The molecule has 1 aliphatic rings. The van der Waals surface area contributed by atoms with Gasteiger partial charge < -0.3 is 9.47 Å². The highest BCUT2D eigenvalue weighted by Gasteiger charge is 2.24. The molecular formula is C24H29N7O2. The lowest BCUT2D eigenvalue weighted by atomic mass is 10.1. The molecule has 0 N–H and O–H groups in total. The molecule has 3 aromatic heterocycles. The van der Waals surface area contributed by atoms with E-state index in [1.807, 2.05) is 35.8 Å². The summed E-state index contributed by atoms with van der Waals surface area (Å²) in [4.78, 5) is 43.1. The fourth-order valence-corrected chi connectivity index (χ4v) is 4.78. The number of imidazole rings is 1. The Morgan fingerprint density at radius 3 is 2.48 bits per heavy atom. The summed E-state index contributed by atoms with van der Waals surface area (Å²) in [7, 11) is 1.68. The van der Waals surface area contributed by atoms with Gasteiger partial charge in [0, 0.05) is 37.8 Å². The molecule has 0 unspecified atom stereocenters. The highest BCUT2D eigenvalue weighted by atomic mass is 16.2. The van der Waals surface area contributed by atoms with Gasteiger partial charge >= 0.3 is 5.69 Å². The van der Waals surface area contributed by atoms with E-state index in [1.54, 1.807) is 7.05 Å². The van der Waals surface area contributed by atoms with Crippen molar-refractivity contribution in [2.75, 3.05) is 18.0 Å². The zero-order valence-electron chi connectivity index (χ0n) is 19.4. The second-order valence-corrected chi connectivity index (χ2v) is 8.76. The van der Waals surface area contributed by atoms with Gasteiger partial charge in [0.05, 0.1) is 12.1 Å². The lowest BCUT2D eigenvalue weighted by Crippen LogP contribution is -2.40. The molecule has 1 saturated heterocycles. The molecule has 9 heteroatoms. The number of rotatable bonds is 5. The smallest absolute Gasteiger partial charge is 0.332 e. The van der Waals surface area contributed by atoms with Gasteiger partial charge in [0.2, 0.25) is 5.95 Å². The van der Waals surface area contributed by atoms with Crippen molar-refractivity contribution in [2.45, 2.75) is 52.6 Å². The van der Waals surface area contributed by atoms with Gasteiger partial charge in [-0.15, -0.1) is 0 Å². The van der Waals surface area contributed by atoms with Gasteiger partial charge in [0.25, 0.3) is 5.56 Å². The van der Waals surface area contributed by atoms with E-state index in [1.165, 1.54) is 15.6 Å². The third kappa shape index (κ3) is 3.61. The van der Waals surface area contributed by atoms with Gasteiger partial charge in [0.15, 0.2) is 11.2 Å². The molecule has 4 aromatic rings. The zero-order valence-corrected chi connectivity index (χ0v) is 19.4. The number of aryl methyl sites for hydroxylation is 3. The van der Waals surface area contributed by atoms with Gasteiger partial charge in [-0.3, -0.25) is 13.9 Å². The fourth-order valence-electron chi connectivity index (χ4n) is 4.78. The maximum absolute atomic E-state index is 13.7. The molecule has 0 aliphatic carbocycles. The quantitative estimate of drug-likeness (QED) is 0.467. The number of anilines is 1. The molecule has 33 heavy (non-hydrogen) atoms. The highest BCUT2D eigenvalue weighted by Crippen LogP contribution is 2.23. The molecule has 9 nitrogen and oxygen atoms in total. The molecule has 0 saturated carbocycles. The number of para-hydroxylation sites is 1. The Morgan fingerprint density at radius 2 is 1.73 bits per heavy atom. The van der Waals surface area contributed by atoms with Crippen LogP contribution in [0.25, 0.3) is 22.1 Å². The molecule has 5 rings (SSSR count). The van der Waals surface area contributed by atoms with E-state index >= 15 is 0 Å². The van der Waals surface area contributed by atoms with Crippen LogP contribution in [0, 0.1) is 6.92 Å². The Labute approximate surface area is 191 Å². The molecule has 4 heterocycles. The second-order valence-electron chi connectivity index (χ2n) is 8.76. The third-order valence-corrected chi connectivity index (χ3v) is 6.44. The maximum atomic E-state index is 13.7. The summed E-state index contributed by atoms with van der Waals surface area (Å²) in [6, 6.07) is 7.75. The minimum Gasteiger partial charge on any atom is -0.342 e. The molecular weight excluding hydrogens is 418 g/mol. The molecule has 0 bridgehead atoms. The first kappa shape index (κ1) is 21.4.